The van der Waals surface area contributed by atoms with Crippen molar-refractivity contribution in [1.29, 1.82) is 0 Å². The molecule has 2 rings (SSSR count). The van der Waals surface area contributed by atoms with Crippen LogP contribution in [0.2, 0.25) is 0 Å². The van der Waals surface area contributed by atoms with E-state index < -0.39 is 0 Å². The topological polar surface area (TPSA) is 76.7 Å². The van der Waals surface area contributed by atoms with E-state index in [1.807, 2.05) is 0 Å². The smallest absolute Gasteiger partial charge is 0.246 e. The van der Waals surface area contributed by atoms with Crippen LogP contribution in [0.4, 0.5) is 0 Å². The molecule has 0 aromatic rings. The molecule has 2 fully saturated rings. The van der Waals surface area contributed by atoms with Gasteiger partial charge in [0.1, 0.15) is 13.2 Å². The van der Waals surface area contributed by atoms with E-state index in [1.165, 1.54) is 14.2 Å². The normalized spacial score (nSPS) is 32.8. The molecule has 2 amide bonds. The van der Waals surface area contributed by atoms with Gasteiger partial charge in [0.15, 0.2) is 0 Å². The third kappa shape index (κ3) is 3.00. The molecule has 2 aliphatic carbocycles. The Balaban J connectivity index is 1.78. The van der Waals surface area contributed by atoms with E-state index in [4.69, 9.17) is 9.47 Å². The monoisotopic (exact) mass is 256 g/mol. The Kier molecular flexibility index (Phi) is 4.19. The Hall–Kier alpha value is -1.14. The number of hydrogen-bond acceptors (Lipinski definition) is 4. The summed E-state index contributed by atoms with van der Waals surface area (Å²) < 4.78 is 9.58. The molecule has 0 spiro atoms. The molecule has 102 valence electrons. The zero-order valence-corrected chi connectivity index (χ0v) is 10.8. The Morgan fingerprint density at radius 1 is 0.944 bits per heavy atom. The van der Waals surface area contributed by atoms with Crippen LogP contribution in [0.5, 0.6) is 0 Å². The summed E-state index contributed by atoms with van der Waals surface area (Å²) in [4.78, 5) is 22.9. The SMILES string of the molecule is COCC(=O)NC1C[C@H](NC(=O)COC)C2CC12. The minimum absolute atomic E-state index is 0.0861. The quantitative estimate of drug-likeness (QED) is 0.658. The first-order valence-electron chi connectivity index (χ1n) is 6.22. The van der Waals surface area contributed by atoms with Gasteiger partial charge in [-0.15, -0.1) is 0 Å². The first-order valence-corrected chi connectivity index (χ1v) is 6.22. The standard InChI is InChI=1S/C12H20N2O4/c1-17-5-11(15)13-9-4-10(8-3-7(8)9)14-12(16)6-18-2/h7-10H,3-6H2,1-2H3,(H,13,15)(H,14,16)/t7?,8?,9-,10?/m0/s1. The van der Waals surface area contributed by atoms with E-state index in [-0.39, 0.29) is 37.1 Å². The lowest BCUT2D eigenvalue weighted by Crippen LogP contribution is -2.42. The fourth-order valence-electron chi connectivity index (χ4n) is 2.88. The van der Waals surface area contributed by atoms with Gasteiger partial charge >= 0.3 is 0 Å². The number of rotatable bonds is 6. The van der Waals surface area contributed by atoms with Gasteiger partial charge in [0.2, 0.25) is 11.8 Å². The number of amides is 2. The Morgan fingerprint density at radius 2 is 1.39 bits per heavy atom. The number of fused-ring (bicyclic) bond motifs is 1. The van der Waals surface area contributed by atoms with E-state index in [0.29, 0.717) is 11.8 Å². The van der Waals surface area contributed by atoms with Crippen LogP contribution in [0.1, 0.15) is 12.8 Å². The van der Waals surface area contributed by atoms with Crippen LogP contribution in [0.3, 0.4) is 0 Å². The average molecular weight is 256 g/mol. The van der Waals surface area contributed by atoms with Gasteiger partial charge in [-0.25, -0.2) is 0 Å². The fourth-order valence-corrected chi connectivity index (χ4v) is 2.88. The molecule has 2 aliphatic rings. The molecular formula is C12H20N2O4. The predicted molar refractivity (Wildman–Crippen MR) is 63.8 cm³/mol. The van der Waals surface area contributed by atoms with Crippen molar-refractivity contribution in [2.45, 2.75) is 24.9 Å². The summed E-state index contributed by atoms with van der Waals surface area (Å²) in [6, 6.07) is 0.344. The number of methoxy groups -OCH3 is 2. The highest BCUT2D eigenvalue weighted by atomic mass is 16.5. The molecule has 4 atom stereocenters. The van der Waals surface area contributed by atoms with Crippen molar-refractivity contribution in [2.75, 3.05) is 27.4 Å². The second kappa shape index (κ2) is 5.67. The lowest BCUT2D eigenvalue weighted by Gasteiger charge is -2.18. The lowest BCUT2D eigenvalue weighted by molar-refractivity contribution is -0.125. The number of ether oxygens (including phenoxy) is 2. The third-order valence-electron chi connectivity index (χ3n) is 3.68. The molecule has 0 bridgehead atoms. The van der Waals surface area contributed by atoms with E-state index in [9.17, 15) is 9.59 Å². The van der Waals surface area contributed by atoms with Crippen molar-refractivity contribution < 1.29 is 19.1 Å². The predicted octanol–water partition coefficient (Wildman–Crippen LogP) is -0.711. The van der Waals surface area contributed by atoms with Crippen molar-refractivity contribution in [3.63, 3.8) is 0 Å². The summed E-state index contributed by atoms with van der Waals surface area (Å²) in [5.41, 5.74) is 0. The summed E-state index contributed by atoms with van der Waals surface area (Å²) in [5.74, 6) is 0.853. The van der Waals surface area contributed by atoms with Crippen LogP contribution >= 0.6 is 0 Å². The lowest BCUT2D eigenvalue weighted by atomic mass is 10.1. The van der Waals surface area contributed by atoms with Crippen LogP contribution in [0.15, 0.2) is 0 Å². The Labute approximate surface area is 106 Å². The first kappa shape index (κ1) is 13.3. The van der Waals surface area contributed by atoms with E-state index in [1.54, 1.807) is 0 Å². The highest BCUT2D eigenvalue weighted by molar-refractivity contribution is 5.78. The van der Waals surface area contributed by atoms with Crippen molar-refractivity contribution in [3.8, 4) is 0 Å². The molecule has 0 radical (unpaired) electrons. The van der Waals surface area contributed by atoms with E-state index >= 15 is 0 Å². The fraction of sp³-hybridized carbons (Fsp3) is 0.833. The van der Waals surface area contributed by atoms with Gasteiger partial charge in [-0.2, -0.15) is 0 Å². The molecule has 0 saturated heterocycles. The highest BCUT2D eigenvalue weighted by Gasteiger charge is 2.55. The zero-order valence-electron chi connectivity index (χ0n) is 10.8. The van der Waals surface area contributed by atoms with Crippen LogP contribution in [-0.4, -0.2) is 51.3 Å². The molecular weight excluding hydrogens is 236 g/mol. The summed E-state index contributed by atoms with van der Waals surface area (Å²) in [5, 5.41) is 5.92. The summed E-state index contributed by atoms with van der Waals surface area (Å²) in [6.07, 6.45) is 1.89. The van der Waals surface area contributed by atoms with Crippen molar-refractivity contribution in [2.24, 2.45) is 11.8 Å². The van der Waals surface area contributed by atoms with Gasteiger partial charge in [0.05, 0.1) is 0 Å². The summed E-state index contributed by atoms with van der Waals surface area (Å²) in [7, 11) is 3.00. The van der Waals surface area contributed by atoms with Gasteiger partial charge in [0.25, 0.3) is 0 Å². The Morgan fingerprint density at radius 3 is 1.78 bits per heavy atom. The average Bonchev–Trinajstić information content (AvgIpc) is 3.02. The molecule has 6 nitrogen and oxygen atoms in total. The molecule has 2 saturated carbocycles. The summed E-state index contributed by atoms with van der Waals surface area (Å²) >= 11 is 0. The van der Waals surface area contributed by atoms with Crippen molar-refractivity contribution >= 4 is 11.8 Å². The van der Waals surface area contributed by atoms with Crippen LogP contribution in [0.25, 0.3) is 0 Å². The van der Waals surface area contributed by atoms with Crippen molar-refractivity contribution in [1.82, 2.24) is 10.6 Å². The van der Waals surface area contributed by atoms with E-state index in [0.717, 1.165) is 12.8 Å². The maximum Gasteiger partial charge on any atom is 0.246 e. The number of hydrogen-bond donors (Lipinski definition) is 2. The molecule has 0 aromatic heterocycles. The van der Waals surface area contributed by atoms with Gasteiger partial charge in [-0.1, -0.05) is 0 Å². The largest absolute Gasteiger partial charge is 0.375 e. The molecule has 3 unspecified atom stereocenters. The van der Waals surface area contributed by atoms with Gasteiger partial charge in [-0.3, -0.25) is 9.59 Å². The first-order chi connectivity index (χ1) is 8.65. The van der Waals surface area contributed by atoms with Crippen LogP contribution in [-0.2, 0) is 19.1 Å². The third-order valence-corrected chi connectivity index (χ3v) is 3.68. The minimum atomic E-state index is -0.0861. The van der Waals surface area contributed by atoms with Gasteiger partial charge in [0, 0.05) is 26.3 Å². The molecule has 18 heavy (non-hydrogen) atoms. The van der Waals surface area contributed by atoms with Gasteiger partial charge < -0.3 is 20.1 Å². The molecule has 0 aromatic carbocycles. The summed E-state index contributed by atoms with van der Waals surface area (Å²) in [6.45, 7) is 0.184. The highest BCUT2D eigenvalue weighted by Crippen LogP contribution is 2.51. The number of carbonyl (C=O) groups is 2. The molecule has 6 heteroatoms. The molecule has 0 heterocycles. The van der Waals surface area contributed by atoms with Gasteiger partial charge in [-0.05, 0) is 24.7 Å². The maximum absolute atomic E-state index is 11.5. The second-order valence-electron chi connectivity index (χ2n) is 5.01. The maximum atomic E-state index is 11.5. The molecule has 2 N–H and O–H groups in total. The second-order valence-corrected chi connectivity index (χ2v) is 5.01. The van der Waals surface area contributed by atoms with E-state index in [2.05, 4.69) is 10.6 Å². The zero-order chi connectivity index (χ0) is 13.1. The van der Waals surface area contributed by atoms with Crippen LogP contribution < -0.4 is 10.6 Å². The Bertz CT molecular complexity index is 304. The van der Waals surface area contributed by atoms with Crippen LogP contribution in [0, 0.1) is 11.8 Å². The minimum Gasteiger partial charge on any atom is -0.375 e. The number of nitrogens with one attached hydrogen (secondary N) is 2. The number of carbonyl (C=O) groups excluding carboxylic acids is 2. The molecule has 0 aliphatic heterocycles. The van der Waals surface area contributed by atoms with Crippen molar-refractivity contribution in [3.05, 3.63) is 0 Å².